The van der Waals surface area contributed by atoms with E-state index >= 15 is 0 Å². The van der Waals surface area contributed by atoms with Crippen LogP contribution in [0.4, 0.5) is 0 Å². The molecule has 103 valence electrons. The van der Waals surface area contributed by atoms with E-state index in [1.807, 2.05) is 0 Å². The van der Waals surface area contributed by atoms with Crippen LogP contribution >= 0.6 is 0 Å². The fourth-order valence-electron chi connectivity index (χ4n) is 2.47. The molecule has 0 saturated carbocycles. The van der Waals surface area contributed by atoms with Gasteiger partial charge in [-0.05, 0) is 40.7 Å². The molecule has 0 heterocycles. The van der Waals surface area contributed by atoms with E-state index in [4.69, 9.17) is 0 Å². The highest BCUT2D eigenvalue weighted by molar-refractivity contribution is 4.67. The second-order valence-electron chi connectivity index (χ2n) is 5.75. The summed E-state index contributed by atoms with van der Waals surface area (Å²) in [7, 11) is 0. The van der Waals surface area contributed by atoms with Crippen LogP contribution < -0.4 is 0 Å². The Labute approximate surface area is 110 Å². The summed E-state index contributed by atoms with van der Waals surface area (Å²) in [4.78, 5) is 2.60. The molecule has 0 aliphatic carbocycles. The average molecular weight is 240 g/mol. The Hall–Kier alpha value is -0.0400. The largest absolute Gasteiger partial charge is 0.299 e. The third kappa shape index (κ3) is 9.64. The molecular formula is C16H34N. The first kappa shape index (κ1) is 17.0. The minimum atomic E-state index is 0.687. The molecule has 0 saturated heterocycles. The van der Waals surface area contributed by atoms with E-state index in [2.05, 4.69) is 39.5 Å². The molecule has 1 nitrogen and oxygen atoms in total. The molecule has 0 aromatic rings. The smallest absolute Gasteiger partial charge is 0.00412 e. The Morgan fingerprint density at radius 1 is 0.706 bits per heavy atom. The van der Waals surface area contributed by atoms with E-state index in [1.165, 1.54) is 51.5 Å². The predicted molar refractivity (Wildman–Crippen MR) is 79.3 cm³/mol. The summed E-state index contributed by atoms with van der Waals surface area (Å²) in [5, 5.41) is 0. The van der Waals surface area contributed by atoms with Crippen molar-refractivity contribution in [3.63, 3.8) is 0 Å². The first-order valence-corrected chi connectivity index (χ1v) is 7.64. The number of hydrogen-bond acceptors (Lipinski definition) is 1. The highest BCUT2D eigenvalue weighted by Crippen LogP contribution is 2.11. The lowest BCUT2D eigenvalue weighted by Gasteiger charge is -2.30. The predicted octanol–water partition coefficient (Wildman–Crippen LogP) is 5.06. The summed E-state index contributed by atoms with van der Waals surface area (Å²) in [6, 6.07) is 1.37. The van der Waals surface area contributed by atoms with Crippen molar-refractivity contribution in [1.29, 1.82) is 0 Å². The Balaban J connectivity index is 3.37. The Morgan fingerprint density at radius 2 is 1.12 bits per heavy atom. The lowest BCUT2D eigenvalue weighted by Crippen LogP contribution is -2.37. The molecule has 0 atom stereocenters. The summed E-state index contributed by atoms with van der Waals surface area (Å²) in [6.07, 6.45) is 10.8. The van der Waals surface area contributed by atoms with Crippen LogP contribution in [-0.4, -0.2) is 23.5 Å². The Bertz CT molecular complexity index is 144. The maximum absolute atomic E-state index is 3.88. The summed E-state index contributed by atoms with van der Waals surface area (Å²) in [5.74, 6) is 0. The molecule has 0 aromatic heterocycles. The highest BCUT2D eigenvalue weighted by atomic mass is 15.2. The van der Waals surface area contributed by atoms with Gasteiger partial charge < -0.3 is 0 Å². The molecule has 0 unspecified atom stereocenters. The molecule has 0 bridgehead atoms. The van der Waals surface area contributed by atoms with Gasteiger partial charge in [0.2, 0.25) is 0 Å². The molecule has 1 radical (unpaired) electrons. The highest BCUT2D eigenvalue weighted by Gasteiger charge is 2.11. The zero-order chi connectivity index (χ0) is 13.1. The fraction of sp³-hybridized carbons (Fsp3) is 0.938. The van der Waals surface area contributed by atoms with Crippen molar-refractivity contribution in [2.75, 3.05) is 6.54 Å². The van der Waals surface area contributed by atoms with Gasteiger partial charge in [0.15, 0.2) is 0 Å². The number of nitrogens with zero attached hydrogens (tertiary/aromatic N) is 1. The average Bonchev–Trinajstić information content (AvgIpc) is 2.26. The van der Waals surface area contributed by atoms with Gasteiger partial charge in [-0.15, -0.1) is 0 Å². The zero-order valence-electron chi connectivity index (χ0n) is 12.7. The number of rotatable bonds is 11. The minimum absolute atomic E-state index is 0.687. The van der Waals surface area contributed by atoms with Gasteiger partial charge in [0.1, 0.15) is 0 Å². The van der Waals surface area contributed by atoms with E-state index in [-0.39, 0.29) is 0 Å². The summed E-state index contributed by atoms with van der Waals surface area (Å²) >= 11 is 0. The first-order chi connectivity index (χ1) is 8.09. The monoisotopic (exact) mass is 240 g/mol. The van der Waals surface area contributed by atoms with Gasteiger partial charge in [0, 0.05) is 12.1 Å². The van der Waals surface area contributed by atoms with Crippen LogP contribution in [0.25, 0.3) is 0 Å². The van der Waals surface area contributed by atoms with Crippen molar-refractivity contribution in [2.45, 2.75) is 91.1 Å². The maximum Gasteiger partial charge on any atom is 0.00412 e. The van der Waals surface area contributed by atoms with Crippen molar-refractivity contribution in [3.05, 3.63) is 6.92 Å². The van der Waals surface area contributed by atoms with Crippen LogP contribution in [0.1, 0.15) is 79.1 Å². The van der Waals surface area contributed by atoms with Crippen LogP contribution in [0.2, 0.25) is 0 Å². The zero-order valence-corrected chi connectivity index (χ0v) is 12.7. The van der Waals surface area contributed by atoms with Gasteiger partial charge in [-0.3, -0.25) is 4.90 Å². The Kier molecular flexibility index (Phi) is 11.0. The van der Waals surface area contributed by atoms with Gasteiger partial charge in [0.25, 0.3) is 0 Å². The van der Waals surface area contributed by atoms with E-state index in [0.29, 0.717) is 12.1 Å². The molecule has 1 heteroatoms. The van der Waals surface area contributed by atoms with Crippen LogP contribution in [0.3, 0.4) is 0 Å². The van der Waals surface area contributed by atoms with E-state index in [1.54, 1.807) is 0 Å². The van der Waals surface area contributed by atoms with E-state index in [9.17, 15) is 0 Å². The molecule has 0 N–H and O–H groups in total. The van der Waals surface area contributed by atoms with E-state index < -0.39 is 0 Å². The van der Waals surface area contributed by atoms with Gasteiger partial charge in [-0.25, -0.2) is 0 Å². The lowest BCUT2D eigenvalue weighted by molar-refractivity contribution is 0.171. The van der Waals surface area contributed by atoms with Crippen LogP contribution in [0.15, 0.2) is 0 Å². The van der Waals surface area contributed by atoms with Crippen molar-refractivity contribution in [1.82, 2.24) is 4.90 Å². The van der Waals surface area contributed by atoms with Crippen molar-refractivity contribution < 1.29 is 0 Å². The number of hydrogen-bond donors (Lipinski definition) is 0. The third-order valence-corrected chi connectivity index (χ3v) is 3.49. The molecule has 0 aliphatic heterocycles. The molecular weight excluding hydrogens is 206 g/mol. The van der Waals surface area contributed by atoms with Crippen molar-refractivity contribution in [2.24, 2.45) is 0 Å². The first-order valence-electron chi connectivity index (χ1n) is 7.64. The molecule has 0 aromatic carbocycles. The van der Waals surface area contributed by atoms with Gasteiger partial charge in [-0.2, -0.15) is 0 Å². The van der Waals surface area contributed by atoms with Crippen LogP contribution in [-0.2, 0) is 0 Å². The minimum Gasteiger partial charge on any atom is -0.299 e. The second kappa shape index (κ2) is 11.1. The molecule has 0 fully saturated rings. The van der Waals surface area contributed by atoms with Gasteiger partial charge in [0.05, 0.1) is 0 Å². The molecule has 17 heavy (non-hydrogen) atoms. The molecule has 0 spiro atoms. The topological polar surface area (TPSA) is 3.24 Å². The quantitative estimate of drug-likeness (QED) is 0.456. The van der Waals surface area contributed by atoms with Crippen molar-refractivity contribution >= 4 is 0 Å². The van der Waals surface area contributed by atoms with Gasteiger partial charge >= 0.3 is 0 Å². The summed E-state index contributed by atoms with van der Waals surface area (Å²) in [5.41, 5.74) is 0. The van der Waals surface area contributed by atoms with Gasteiger partial charge in [-0.1, -0.05) is 51.9 Å². The third-order valence-electron chi connectivity index (χ3n) is 3.49. The van der Waals surface area contributed by atoms with Crippen LogP contribution in [0, 0.1) is 6.92 Å². The maximum atomic E-state index is 3.88. The molecule has 0 amide bonds. The fourth-order valence-corrected chi connectivity index (χ4v) is 2.47. The van der Waals surface area contributed by atoms with E-state index in [0.717, 1.165) is 6.42 Å². The Morgan fingerprint density at radius 3 is 1.53 bits per heavy atom. The number of unbranched alkanes of at least 4 members (excludes halogenated alkanes) is 7. The summed E-state index contributed by atoms with van der Waals surface area (Å²) in [6.45, 7) is 14.4. The normalized spacial score (nSPS) is 12.0. The van der Waals surface area contributed by atoms with Crippen LogP contribution in [0.5, 0.6) is 0 Å². The second-order valence-corrected chi connectivity index (χ2v) is 5.75. The summed E-state index contributed by atoms with van der Waals surface area (Å²) < 4.78 is 0. The molecule has 0 aliphatic rings. The standard InChI is InChI=1S/C16H34N/c1-6-7-8-9-10-11-12-13-14-17(15(2)3)16(4)5/h15-16H,1,6-14H2,2-5H3. The molecule has 0 rings (SSSR count). The SMILES string of the molecule is [CH2]CCCCCCCCCN(C(C)C)C(C)C. The lowest BCUT2D eigenvalue weighted by atomic mass is 10.1. The van der Waals surface area contributed by atoms with Crippen molar-refractivity contribution in [3.8, 4) is 0 Å².